The van der Waals surface area contributed by atoms with E-state index in [2.05, 4.69) is 22.6 Å². The predicted octanol–water partition coefficient (Wildman–Crippen LogP) is 5.59. The summed E-state index contributed by atoms with van der Waals surface area (Å²) in [6.45, 7) is 1.54. The van der Waals surface area contributed by atoms with E-state index in [1.807, 2.05) is 48.5 Å². The molecule has 0 bridgehead atoms. The molecule has 3 N–H and O–H groups in total. The fraction of sp³-hybridized carbons (Fsp3) is 0.333. The summed E-state index contributed by atoms with van der Waals surface area (Å²) in [5, 5.41) is 14.6. The molecule has 1 aliphatic rings. The molecule has 7 nitrogen and oxygen atoms in total. The molecule has 0 unspecified atom stereocenters. The van der Waals surface area contributed by atoms with E-state index < -0.39 is 11.9 Å². The van der Waals surface area contributed by atoms with Crippen LogP contribution in [0.2, 0.25) is 0 Å². The van der Waals surface area contributed by atoms with E-state index in [0.29, 0.717) is 24.1 Å². The van der Waals surface area contributed by atoms with Crippen LogP contribution < -0.4 is 10.6 Å². The number of aliphatic hydroxyl groups is 1. The van der Waals surface area contributed by atoms with Gasteiger partial charge < -0.3 is 20.1 Å². The smallest absolute Gasteiger partial charge is 0.411 e. The quantitative estimate of drug-likeness (QED) is 0.343. The fourth-order valence-electron chi connectivity index (χ4n) is 4.54. The minimum atomic E-state index is -0.579. The topological polar surface area (TPSA) is 90.9 Å². The lowest BCUT2D eigenvalue weighted by molar-refractivity contribution is -0.116. The molecule has 38 heavy (non-hydrogen) atoms. The summed E-state index contributed by atoms with van der Waals surface area (Å²) >= 11 is 0. The van der Waals surface area contributed by atoms with Crippen molar-refractivity contribution in [1.82, 2.24) is 4.90 Å². The highest BCUT2D eigenvalue weighted by Crippen LogP contribution is 2.30. The molecule has 1 aliphatic heterocycles. The molecule has 0 aromatic heterocycles. The summed E-state index contributed by atoms with van der Waals surface area (Å²) in [6, 6.07) is 19.9. The number of amides is 2. The van der Waals surface area contributed by atoms with Gasteiger partial charge in [0.1, 0.15) is 11.9 Å². The number of hydrogen-bond acceptors (Lipinski definition) is 5. The van der Waals surface area contributed by atoms with Gasteiger partial charge in [0.05, 0.1) is 18.0 Å². The molecule has 1 saturated heterocycles. The van der Waals surface area contributed by atoms with E-state index in [1.54, 1.807) is 6.07 Å². The van der Waals surface area contributed by atoms with Crippen molar-refractivity contribution in [3.8, 4) is 11.1 Å². The van der Waals surface area contributed by atoms with Crippen LogP contribution in [-0.4, -0.2) is 48.2 Å². The molecule has 8 heteroatoms. The molecule has 0 radical (unpaired) electrons. The number of ether oxygens (including phenoxy) is 1. The van der Waals surface area contributed by atoms with Crippen molar-refractivity contribution in [2.75, 3.05) is 30.8 Å². The minimum Gasteiger partial charge on any atom is -0.446 e. The van der Waals surface area contributed by atoms with E-state index in [4.69, 9.17) is 9.84 Å². The zero-order valence-corrected chi connectivity index (χ0v) is 21.6. The third-order valence-corrected chi connectivity index (χ3v) is 6.70. The molecular weight excluding hydrogens is 485 g/mol. The highest BCUT2D eigenvalue weighted by molar-refractivity contribution is 5.92. The molecule has 1 heterocycles. The number of piperidine rings is 1. The average molecular weight is 520 g/mol. The molecule has 1 fully saturated rings. The van der Waals surface area contributed by atoms with E-state index in [0.717, 1.165) is 42.6 Å². The van der Waals surface area contributed by atoms with Gasteiger partial charge in [0.15, 0.2) is 0 Å². The van der Waals surface area contributed by atoms with Gasteiger partial charge in [-0.05, 0) is 67.6 Å². The van der Waals surface area contributed by atoms with E-state index in [-0.39, 0.29) is 30.7 Å². The Morgan fingerprint density at radius 3 is 2.42 bits per heavy atom. The van der Waals surface area contributed by atoms with Crippen molar-refractivity contribution in [1.29, 1.82) is 0 Å². The highest BCUT2D eigenvalue weighted by atomic mass is 19.1. The summed E-state index contributed by atoms with van der Waals surface area (Å²) < 4.78 is 19.8. The van der Waals surface area contributed by atoms with Crippen molar-refractivity contribution in [2.24, 2.45) is 0 Å². The lowest BCUT2D eigenvalue weighted by atomic mass is 9.99. The maximum absolute atomic E-state index is 14.1. The summed E-state index contributed by atoms with van der Waals surface area (Å²) in [7, 11) is 2.06. The van der Waals surface area contributed by atoms with Gasteiger partial charge in [-0.15, -0.1) is 0 Å². The zero-order chi connectivity index (χ0) is 26.9. The van der Waals surface area contributed by atoms with Crippen LogP contribution in [0, 0.1) is 5.82 Å². The van der Waals surface area contributed by atoms with Gasteiger partial charge in [-0.1, -0.05) is 48.5 Å². The molecule has 3 aromatic carbocycles. The first-order valence-corrected chi connectivity index (χ1v) is 12.9. The number of likely N-dealkylation sites (tertiary alicyclic amines) is 1. The van der Waals surface area contributed by atoms with E-state index in [1.165, 1.54) is 12.1 Å². The Morgan fingerprint density at radius 1 is 0.974 bits per heavy atom. The van der Waals surface area contributed by atoms with Crippen LogP contribution in [0.4, 0.5) is 20.6 Å². The summed E-state index contributed by atoms with van der Waals surface area (Å²) in [4.78, 5) is 27.3. The molecular formula is C30H34FN3O4. The fourth-order valence-corrected chi connectivity index (χ4v) is 4.54. The van der Waals surface area contributed by atoms with Crippen molar-refractivity contribution >= 4 is 23.4 Å². The summed E-state index contributed by atoms with van der Waals surface area (Å²) in [6.07, 6.45) is 2.42. The first-order chi connectivity index (χ1) is 18.4. The standard InChI is InChI=1S/C30H34FN3O4/c1-34-16-14-24(15-17-34)38-30(37)33-28-19-21(10-12-25(28)23-7-3-2-4-8-23)6-5-9-29(36)32-27-13-11-22(20-35)18-26(27)31/h2-4,7-8,10-13,18-19,24,35H,5-6,9,14-17,20H2,1H3,(H,32,36)(H,33,37). The zero-order valence-electron chi connectivity index (χ0n) is 21.6. The number of nitrogens with one attached hydrogen (secondary N) is 2. The van der Waals surface area contributed by atoms with Crippen LogP contribution in [0.1, 0.15) is 36.8 Å². The van der Waals surface area contributed by atoms with Crippen LogP contribution in [0.25, 0.3) is 11.1 Å². The predicted molar refractivity (Wildman–Crippen MR) is 146 cm³/mol. The molecule has 200 valence electrons. The van der Waals surface area contributed by atoms with Crippen molar-refractivity contribution in [3.05, 3.63) is 83.7 Å². The van der Waals surface area contributed by atoms with Crippen LogP contribution in [0.5, 0.6) is 0 Å². The van der Waals surface area contributed by atoms with Gasteiger partial charge in [0, 0.05) is 25.1 Å². The number of benzene rings is 3. The van der Waals surface area contributed by atoms with Crippen molar-refractivity contribution in [3.63, 3.8) is 0 Å². The molecule has 4 rings (SSSR count). The lowest BCUT2D eigenvalue weighted by Gasteiger charge is -2.28. The monoisotopic (exact) mass is 519 g/mol. The van der Waals surface area contributed by atoms with Crippen LogP contribution >= 0.6 is 0 Å². The third kappa shape index (κ3) is 7.63. The SMILES string of the molecule is CN1CCC(OC(=O)Nc2cc(CCCC(=O)Nc3ccc(CO)cc3F)ccc2-c2ccccc2)CC1. The Morgan fingerprint density at radius 2 is 1.71 bits per heavy atom. The second kappa shape index (κ2) is 13.2. The number of aryl methyl sites for hydroxylation is 1. The average Bonchev–Trinajstić information content (AvgIpc) is 2.92. The van der Waals surface area contributed by atoms with E-state index >= 15 is 0 Å². The maximum atomic E-state index is 14.1. The number of nitrogens with zero attached hydrogens (tertiary/aromatic N) is 1. The number of hydrogen-bond donors (Lipinski definition) is 3. The number of carbonyl (C=O) groups excluding carboxylic acids is 2. The summed E-state index contributed by atoms with van der Waals surface area (Å²) in [5.74, 6) is -0.870. The number of rotatable bonds is 9. The Labute approximate surface area is 222 Å². The third-order valence-electron chi connectivity index (χ3n) is 6.70. The van der Waals surface area contributed by atoms with Gasteiger partial charge in [-0.25, -0.2) is 9.18 Å². The molecule has 0 atom stereocenters. The van der Waals surface area contributed by atoms with Crippen LogP contribution in [-0.2, 0) is 22.6 Å². The van der Waals surface area contributed by atoms with E-state index in [9.17, 15) is 14.0 Å². The van der Waals surface area contributed by atoms with Gasteiger partial charge >= 0.3 is 6.09 Å². The normalized spacial score (nSPS) is 14.2. The Bertz CT molecular complexity index is 1240. The summed E-state index contributed by atoms with van der Waals surface area (Å²) in [5.41, 5.74) is 4.01. The molecule has 0 spiro atoms. The molecule has 0 saturated carbocycles. The number of halogens is 1. The lowest BCUT2D eigenvalue weighted by Crippen LogP contribution is -2.36. The molecule has 2 amide bonds. The first-order valence-electron chi connectivity index (χ1n) is 12.9. The van der Waals surface area contributed by atoms with Gasteiger partial charge in [-0.3, -0.25) is 10.1 Å². The Kier molecular flexibility index (Phi) is 9.46. The second-order valence-corrected chi connectivity index (χ2v) is 9.65. The molecule has 0 aliphatic carbocycles. The number of anilines is 2. The molecule has 3 aromatic rings. The van der Waals surface area contributed by atoms with Crippen LogP contribution in [0.3, 0.4) is 0 Å². The first kappa shape index (κ1) is 27.3. The second-order valence-electron chi connectivity index (χ2n) is 9.65. The maximum Gasteiger partial charge on any atom is 0.411 e. The minimum absolute atomic E-state index is 0.0917. The highest BCUT2D eigenvalue weighted by Gasteiger charge is 2.21. The number of carbonyl (C=O) groups is 2. The largest absolute Gasteiger partial charge is 0.446 e. The van der Waals surface area contributed by atoms with Crippen molar-refractivity contribution in [2.45, 2.75) is 44.8 Å². The van der Waals surface area contributed by atoms with Crippen LogP contribution in [0.15, 0.2) is 66.7 Å². The van der Waals surface area contributed by atoms with Gasteiger partial charge in [-0.2, -0.15) is 0 Å². The van der Waals surface area contributed by atoms with Crippen molar-refractivity contribution < 1.29 is 23.8 Å². The Hall–Kier alpha value is -3.75. The van der Waals surface area contributed by atoms with Gasteiger partial charge in [0.2, 0.25) is 5.91 Å². The Balaban J connectivity index is 1.38. The number of aliphatic hydroxyl groups excluding tert-OH is 1. The van der Waals surface area contributed by atoms with Gasteiger partial charge in [0.25, 0.3) is 0 Å².